The molecule has 0 unspecified atom stereocenters. The molecule has 290 valence electrons. The van der Waals surface area contributed by atoms with E-state index >= 15 is 0 Å². The Bertz CT molecular complexity index is 3550. The van der Waals surface area contributed by atoms with Gasteiger partial charge in [0.2, 0.25) is 0 Å². The molecule has 0 aliphatic rings. The smallest absolute Gasteiger partial charge is 0.164 e. The highest BCUT2D eigenvalue weighted by molar-refractivity contribution is 6.14. The molecule has 0 atom stereocenters. The molecule has 0 saturated heterocycles. The molecule has 0 aliphatic heterocycles. The van der Waals surface area contributed by atoms with Crippen LogP contribution in [-0.2, 0) is 0 Å². The van der Waals surface area contributed by atoms with Crippen molar-refractivity contribution in [3.63, 3.8) is 0 Å². The fourth-order valence-electron chi connectivity index (χ4n) is 9.09. The Morgan fingerprint density at radius 1 is 0.258 bits per heavy atom. The second kappa shape index (κ2) is 14.7. The largest absolute Gasteiger partial charge is 0.309 e. The second-order valence-electron chi connectivity index (χ2n) is 15.6. The van der Waals surface area contributed by atoms with E-state index in [0.29, 0.717) is 17.5 Å². The van der Waals surface area contributed by atoms with Crippen LogP contribution in [0.15, 0.2) is 224 Å². The molecule has 12 rings (SSSR count). The summed E-state index contributed by atoms with van der Waals surface area (Å²) in [6.45, 7) is 0. The monoisotopic (exact) mass is 791 g/mol. The van der Waals surface area contributed by atoms with E-state index in [0.717, 1.165) is 55.8 Å². The molecule has 0 aliphatic carbocycles. The zero-order chi connectivity index (χ0) is 41.0. The van der Waals surface area contributed by atoms with Crippen LogP contribution in [0.4, 0.5) is 0 Å². The zero-order valence-corrected chi connectivity index (χ0v) is 33.6. The first-order valence-corrected chi connectivity index (χ1v) is 20.9. The number of para-hydroxylation sites is 4. The van der Waals surface area contributed by atoms with Gasteiger partial charge in [0, 0.05) is 55.2 Å². The molecule has 5 heteroatoms. The van der Waals surface area contributed by atoms with Crippen LogP contribution in [-0.4, -0.2) is 24.1 Å². The Kier molecular flexibility index (Phi) is 8.42. The number of fused-ring (bicyclic) bond motifs is 6. The molecular weight excluding hydrogens is 755 g/mol. The Labute approximate surface area is 358 Å². The van der Waals surface area contributed by atoms with E-state index in [1.807, 2.05) is 60.7 Å². The lowest BCUT2D eigenvalue weighted by Crippen LogP contribution is -2.00. The van der Waals surface area contributed by atoms with Gasteiger partial charge < -0.3 is 9.13 Å². The number of hydrogen-bond donors (Lipinski definition) is 0. The summed E-state index contributed by atoms with van der Waals surface area (Å²) in [5, 5.41) is 4.91. The van der Waals surface area contributed by atoms with Crippen LogP contribution in [0.1, 0.15) is 0 Å². The zero-order valence-electron chi connectivity index (χ0n) is 33.6. The number of benzene rings is 9. The predicted octanol–water partition coefficient (Wildman–Crippen LogP) is 14.4. The first-order valence-electron chi connectivity index (χ1n) is 20.9. The van der Waals surface area contributed by atoms with E-state index in [2.05, 4.69) is 173 Å². The van der Waals surface area contributed by atoms with E-state index in [4.69, 9.17) is 15.0 Å². The average molecular weight is 792 g/mol. The molecule has 0 bridgehead atoms. The quantitative estimate of drug-likeness (QED) is 0.162. The highest BCUT2D eigenvalue weighted by atomic mass is 15.0. The van der Waals surface area contributed by atoms with Crippen LogP contribution in [0.25, 0.3) is 111 Å². The number of hydrogen-bond acceptors (Lipinski definition) is 3. The SMILES string of the molecule is c1ccc(-c2nc(-c3ccccc3)nc(-c3ccc(-c4cccc5c6ccccc6n(-c6cccc(-c7ccc8c9ccccc9n(-c9ccccc9)c8c7)c6)c45)cc3)n2)cc1. The molecule has 0 radical (unpaired) electrons. The normalized spacial score (nSPS) is 11.5. The van der Waals surface area contributed by atoms with Crippen LogP contribution in [0.5, 0.6) is 0 Å². The molecule has 0 N–H and O–H groups in total. The summed E-state index contributed by atoms with van der Waals surface area (Å²) < 4.78 is 4.81. The summed E-state index contributed by atoms with van der Waals surface area (Å²) in [7, 11) is 0. The minimum absolute atomic E-state index is 0.635. The third-order valence-corrected chi connectivity index (χ3v) is 12.0. The summed E-state index contributed by atoms with van der Waals surface area (Å²) in [5.41, 5.74) is 14.4. The maximum atomic E-state index is 4.99. The third kappa shape index (κ3) is 5.98. The van der Waals surface area contributed by atoms with Crippen molar-refractivity contribution in [2.45, 2.75) is 0 Å². The third-order valence-electron chi connectivity index (χ3n) is 12.0. The molecule has 3 heterocycles. The lowest BCUT2D eigenvalue weighted by molar-refractivity contribution is 1.07. The van der Waals surface area contributed by atoms with Crippen LogP contribution in [0, 0.1) is 0 Å². The molecule has 0 amide bonds. The minimum Gasteiger partial charge on any atom is -0.309 e. The summed E-state index contributed by atoms with van der Waals surface area (Å²) in [6, 6.07) is 79.4. The number of rotatable bonds is 7. The predicted molar refractivity (Wildman–Crippen MR) is 256 cm³/mol. The standard InChI is InChI=1S/C57H37N5/c1-4-16-39(17-5-1)55-58-56(40-18-6-2-7-19-40)60-57(59-55)41-32-30-38(31-33-41)46-26-15-27-50-48-25-11-13-29-52(48)62(54(46)50)45-23-14-20-42(36-45)43-34-35-49-47-24-10-12-28-51(47)61(53(49)37-43)44-21-8-3-9-22-44/h1-37H. The first-order chi connectivity index (χ1) is 30.7. The lowest BCUT2D eigenvalue weighted by atomic mass is 10.00. The summed E-state index contributed by atoms with van der Waals surface area (Å²) >= 11 is 0. The molecule has 0 saturated carbocycles. The maximum Gasteiger partial charge on any atom is 0.164 e. The Balaban J connectivity index is 0.984. The van der Waals surface area contributed by atoms with Crippen molar-refractivity contribution in [1.82, 2.24) is 24.1 Å². The van der Waals surface area contributed by atoms with E-state index < -0.39 is 0 Å². The summed E-state index contributed by atoms with van der Waals surface area (Å²) in [4.78, 5) is 14.9. The molecule has 9 aromatic carbocycles. The minimum atomic E-state index is 0.635. The molecule has 0 fully saturated rings. The maximum absolute atomic E-state index is 4.99. The molecule has 12 aromatic rings. The summed E-state index contributed by atoms with van der Waals surface area (Å²) in [5.74, 6) is 1.93. The van der Waals surface area contributed by atoms with Gasteiger partial charge in [-0.3, -0.25) is 0 Å². The molecule has 0 spiro atoms. The van der Waals surface area contributed by atoms with E-state index in [9.17, 15) is 0 Å². The Morgan fingerprint density at radius 2 is 0.694 bits per heavy atom. The number of nitrogens with zero attached hydrogens (tertiary/aromatic N) is 5. The van der Waals surface area contributed by atoms with Gasteiger partial charge in [0.15, 0.2) is 17.5 Å². The highest BCUT2D eigenvalue weighted by Crippen LogP contribution is 2.40. The fraction of sp³-hybridized carbons (Fsp3) is 0. The van der Waals surface area contributed by atoms with Gasteiger partial charge >= 0.3 is 0 Å². The van der Waals surface area contributed by atoms with Gasteiger partial charge in [-0.05, 0) is 59.2 Å². The molecular formula is C57H37N5. The topological polar surface area (TPSA) is 48.5 Å². The first kappa shape index (κ1) is 35.5. The highest BCUT2D eigenvalue weighted by Gasteiger charge is 2.19. The lowest BCUT2D eigenvalue weighted by Gasteiger charge is -2.14. The van der Waals surface area contributed by atoms with Gasteiger partial charge in [0.1, 0.15) is 0 Å². The van der Waals surface area contributed by atoms with Gasteiger partial charge in [0.25, 0.3) is 0 Å². The molecule has 62 heavy (non-hydrogen) atoms. The average Bonchev–Trinajstić information content (AvgIpc) is 3.88. The van der Waals surface area contributed by atoms with Crippen molar-refractivity contribution < 1.29 is 0 Å². The second-order valence-corrected chi connectivity index (χ2v) is 15.6. The van der Waals surface area contributed by atoms with Crippen molar-refractivity contribution in [3.8, 4) is 67.8 Å². The van der Waals surface area contributed by atoms with Crippen molar-refractivity contribution in [1.29, 1.82) is 0 Å². The Morgan fingerprint density at radius 3 is 1.35 bits per heavy atom. The summed E-state index contributed by atoms with van der Waals surface area (Å²) in [6.07, 6.45) is 0. The molecule has 3 aromatic heterocycles. The Hall–Kier alpha value is -8.41. The van der Waals surface area contributed by atoms with Gasteiger partial charge in [-0.2, -0.15) is 0 Å². The van der Waals surface area contributed by atoms with Gasteiger partial charge in [0.05, 0.1) is 22.1 Å². The fourth-order valence-corrected chi connectivity index (χ4v) is 9.09. The van der Waals surface area contributed by atoms with Crippen LogP contribution in [0.3, 0.4) is 0 Å². The van der Waals surface area contributed by atoms with Crippen molar-refractivity contribution in [3.05, 3.63) is 224 Å². The van der Waals surface area contributed by atoms with Crippen LogP contribution in [0.2, 0.25) is 0 Å². The van der Waals surface area contributed by atoms with Crippen molar-refractivity contribution >= 4 is 43.6 Å². The van der Waals surface area contributed by atoms with Crippen LogP contribution < -0.4 is 0 Å². The van der Waals surface area contributed by atoms with E-state index in [-0.39, 0.29) is 0 Å². The molecule has 5 nitrogen and oxygen atoms in total. The van der Waals surface area contributed by atoms with Gasteiger partial charge in [-0.1, -0.05) is 182 Å². The van der Waals surface area contributed by atoms with Crippen LogP contribution >= 0.6 is 0 Å². The van der Waals surface area contributed by atoms with E-state index in [1.54, 1.807) is 0 Å². The van der Waals surface area contributed by atoms with Gasteiger partial charge in [-0.25, -0.2) is 15.0 Å². The van der Waals surface area contributed by atoms with Crippen molar-refractivity contribution in [2.24, 2.45) is 0 Å². The van der Waals surface area contributed by atoms with Crippen molar-refractivity contribution in [2.75, 3.05) is 0 Å². The van der Waals surface area contributed by atoms with Gasteiger partial charge in [-0.15, -0.1) is 0 Å². The number of aromatic nitrogens is 5. The van der Waals surface area contributed by atoms with E-state index in [1.165, 1.54) is 38.1 Å².